The van der Waals surface area contributed by atoms with E-state index in [1.807, 2.05) is 0 Å². The van der Waals surface area contributed by atoms with Gasteiger partial charge in [0.2, 0.25) is 0 Å². The van der Waals surface area contributed by atoms with Gasteiger partial charge in [0, 0.05) is 18.9 Å². The number of benzene rings is 1. The highest BCUT2D eigenvalue weighted by Gasteiger charge is 2.18. The van der Waals surface area contributed by atoms with E-state index in [2.05, 4.69) is 14.7 Å². The first-order valence-corrected chi connectivity index (χ1v) is 7.16. The topological polar surface area (TPSA) is 98.0 Å². The monoisotopic (exact) mass is 298 g/mol. The number of nitrogens with one attached hydrogen (secondary N) is 1. The van der Waals surface area contributed by atoms with Crippen molar-refractivity contribution < 1.29 is 8.42 Å². The van der Waals surface area contributed by atoms with Crippen LogP contribution in [-0.4, -0.2) is 18.4 Å². The van der Waals surface area contributed by atoms with Crippen LogP contribution in [0.1, 0.15) is 5.56 Å². The molecule has 0 radical (unpaired) electrons. The Kier molecular flexibility index (Phi) is 3.98. The highest BCUT2D eigenvalue weighted by Crippen LogP contribution is 2.24. The molecule has 0 atom stereocenters. The molecule has 0 amide bonds. The molecule has 3 N–H and O–H groups in total. The summed E-state index contributed by atoms with van der Waals surface area (Å²) >= 11 is 5.95. The van der Waals surface area contributed by atoms with Crippen molar-refractivity contribution in [1.82, 2.24) is 9.97 Å². The molecular weight excluding hydrogens is 288 g/mol. The molecule has 1 aromatic carbocycles. The van der Waals surface area contributed by atoms with Gasteiger partial charge in [-0.2, -0.15) is 0 Å². The van der Waals surface area contributed by atoms with Gasteiger partial charge in [0.1, 0.15) is 4.90 Å². The Morgan fingerprint density at radius 3 is 2.68 bits per heavy atom. The summed E-state index contributed by atoms with van der Waals surface area (Å²) in [4.78, 5) is 7.58. The van der Waals surface area contributed by atoms with E-state index in [1.54, 1.807) is 6.07 Å². The molecule has 8 heteroatoms. The van der Waals surface area contributed by atoms with Crippen molar-refractivity contribution in [2.75, 3.05) is 4.72 Å². The van der Waals surface area contributed by atoms with Crippen molar-refractivity contribution in [1.29, 1.82) is 0 Å². The molecule has 100 valence electrons. The van der Waals surface area contributed by atoms with Crippen LogP contribution in [0.5, 0.6) is 0 Å². The zero-order valence-corrected chi connectivity index (χ0v) is 11.3. The maximum absolute atomic E-state index is 12.1. The second-order valence-electron chi connectivity index (χ2n) is 3.67. The Morgan fingerprint density at radius 2 is 2.11 bits per heavy atom. The van der Waals surface area contributed by atoms with Crippen molar-refractivity contribution in [2.45, 2.75) is 11.4 Å². The third kappa shape index (κ3) is 3.19. The average Bonchev–Trinajstić information content (AvgIpc) is 2.38. The van der Waals surface area contributed by atoms with Crippen molar-refractivity contribution in [3.8, 4) is 0 Å². The van der Waals surface area contributed by atoms with Gasteiger partial charge in [-0.1, -0.05) is 17.7 Å². The van der Waals surface area contributed by atoms with E-state index in [-0.39, 0.29) is 22.3 Å². The van der Waals surface area contributed by atoms with Crippen molar-refractivity contribution in [2.24, 2.45) is 5.73 Å². The van der Waals surface area contributed by atoms with Crippen molar-refractivity contribution in [3.05, 3.63) is 47.4 Å². The van der Waals surface area contributed by atoms with Gasteiger partial charge in [0.05, 0.1) is 11.2 Å². The van der Waals surface area contributed by atoms with Gasteiger partial charge >= 0.3 is 0 Å². The SMILES string of the molecule is NCc1ccc(S(=O)(=O)Nc2cnccn2)c(Cl)c1. The summed E-state index contributed by atoms with van der Waals surface area (Å²) in [6, 6.07) is 4.53. The van der Waals surface area contributed by atoms with Gasteiger partial charge < -0.3 is 5.73 Å². The number of nitrogens with zero attached hydrogens (tertiary/aromatic N) is 2. The molecule has 1 aromatic heterocycles. The van der Waals surface area contributed by atoms with Crippen LogP contribution in [0, 0.1) is 0 Å². The van der Waals surface area contributed by atoms with Crippen LogP contribution in [0.4, 0.5) is 5.82 Å². The van der Waals surface area contributed by atoms with E-state index < -0.39 is 10.0 Å². The largest absolute Gasteiger partial charge is 0.326 e. The highest BCUT2D eigenvalue weighted by molar-refractivity contribution is 7.92. The van der Waals surface area contributed by atoms with Gasteiger partial charge in [-0.05, 0) is 17.7 Å². The molecule has 1 heterocycles. The molecule has 6 nitrogen and oxygen atoms in total. The van der Waals surface area contributed by atoms with Gasteiger partial charge in [-0.15, -0.1) is 0 Å². The van der Waals surface area contributed by atoms with Crippen LogP contribution < -0.4 is 10.5 Å². The molecule has 0 spiro atoms. The lowest BCUT2D eigenvalue weighted by Gasteiger charge is -2.09. The second kappa shape index (κ2) is 5.52. The predicted molar refractivity (Wildman–Crippen MR) is 72.2 cm³/mol. The second-order valence-corrected chi connectivity index (χ2v) is 5.72. The van der Waals surface area contributed by atoms with Crippen LogP contribution in [-0.2, 0) is 16.6 Å². The molecule has 0 bridgehead atoms. The molecule has 19 heavy (non-hydrogen) atoms. The van der Waals surface area contributed by atoms with Crippen LogP contribution in [0.15, 0.2) is 41.7 Å². The van der Waals surface area contributed by atoms with E-state index >= 15 is 0 Å². The molecule has 0 unspecified atom stereocenters. The minimum absolute atomic E-state index is 0.0305. The Balaban J connectivity index is 2.35. The fraction of sp³-hybridized carbons (Fsp3) is 0.0909. The lowest BCUT2D eigenvalue weighted by Crippen LogP contribution is -2.14. The number of nitrogens with two attached hydrogens (primary N) is 1. The summed E-state index contributed by atoms with van der Waals surface area (Å²) in [7, 11) is -3.79. The molecule has 0 aliphatic carbocycles. The Morgan fingerprint density at radius 1 is 1.32 bits per heavy atom. The molecule has 0 aliphatic heterocycles. The smallest absolute Gasteiger partial charge is 0.264 e. The molecule has 0 fully saturated rings. The minimum Gasteiger partial charge on any atom is -0.326 e. The zero-order valence-electron chi connectivity index (χ0n) is 9.75. The van der Waals surface area contributed by atoms with E-state index in [0.29, 0.717) is 0 Å². The molecule has 2 aromatic rings. The summed E-state index contributed by atoms with van der Waals surface area (Å²) < 4.78 is 26.6. The third-order valence-corrected chi connectivity index (χ3v) is 4.16. The standard InChI is InChI=1S/C11H11ClN4O2S/c12-9-5-8(6-13)1-2-10(9)19(17,18)16-11-7-14-3-4-15-11/h1-5,7H,6,13H2,(H,15,16). The number of sulfonamides is 1. The number of rotatable bonds is 4. The zero-order chi connectivity index (χ0) is 13.9. The van der Waals surface area contributed by atoms with E-state index in [4.69, 9.17) is 17.3 Å². The summed E-state index contributed by atoms with van der Waals surface area (Å²) in [6.45, 7) is 0.289. The van der Waals surface area contributed by atoms with Gasteiger partial charge in [-0.25, -0.2) is 13.4 Å². The number of anilines is 1. The molecule has 2 rings (SSSR count). The lowest BCUT2D eigenvalue weighted by atomic mass is 10.2. The molecular formula is C11H11ClN4O2S. The minimum atomic E-state index is -3.79. The summed E-state index contributed by atoms with van der Waals surface area (Å²) in [5, 5.41) is 0.111. The van der Waals surface area contributed by atoms with Crippen molar-refractivity contribution in [3.63, 3.8) is 0 Å². The Labute approximate surface area is 115 Å². The lowest BCUT2D eigenvalue weighted by molar-refractivity contribution is 0.601. The van der Waals surface area contributed by atoms with Gasteiger partial charge in [-0.3, -0.25) is 9.71 Å². The normalized spacial score (nSPS) is 11.3. The molecule has 0 aliphatic rings. The first kappa shape index (κ1) is 13.7. The van der Waals surface area contributed by atoms with Crippen LogP contribution in [0.2, 0.25) is 5.02 Å². The third-order valence-electron chi connectivity index (χ3n) is 2.32. The molecule has 0 saturated heterocycles. The van der Waals surface area contributed by atoms with Crippen molar-refractivity contribution >= 4 is 27.4 Å². The van der Waals surface area contributed by atoms with E-state index in [1.165, 1.54) is 30.7 Å². The Bertz CT molecular complexity index is 676. The van der Waals surface area contributed by atoms with E-state index in [0.717, 1.165) is 5.56 Å². The average molecular weight is 299 g/mol. The highest BCUT2D eigenvalue weighted by atomic mass is 35.5. The summed E-state index contributed by atoms with van der Waals surface area (Å²) in [5.74, 6) is 0.126. The Hall–Kier alpha value is -1.70. The number of halogens is 1. The quantitative estimate of drug-likeness (QED) is 0.889. The first-order valence-electron chi connectivity index (χ1n) is 5.30. The summed E-state index contributed by atoms with van der Waals surface area (Å²) in [5.41, 5.74) is 6.21. The summed E-state index contributed by atoms with van der Waals surface area (Å²) in [6.07, 6.45) is 4.14. The van der Waals surface area contributed by atoms with Gasteiger partial charge in [0.15, 0.2) is 5.82 Å². The van der Waals surface area contributed by atoms with Crippen LogP contribution in [0.3, 0.4) is 0 Å². The number of hydrogen-bond acceptors (Lipinski definition) is 5. The first-order chi connectivity index (χ1) is 9.03. The van der Waals surface area contributed by atoms with Gasteiger partial charge in [0.25, 0.3) is 10.0 Å². The fourth-order valence-corrected chi connectivity index (χ4v) is 3.00. The maximum Gasteiger partial charge on any atom is 0.264 e. The number of hydrogen-bond donors (Lipinski definition) is 2. The van der Waals surface area contributed by atoms with Crippen LogP contribution in [0.25, 0.3) is 0 Å². The molecule has 0 saturated carbocycles. The van der Waals surface area contributed by atoms with Crippen LogP contribution >= 0.6 is 11.6 Å². The van der Waals surface area contributed by atoms with E-state index in [9.17, 15) is 8.42 Å². The fourth-order valence-electron chi connectivity index (χ4n) is 1.43. The maximum atomic E-state index is 12.1. The predicted octanol–water partition coefficient (Wildman–Crippen LogP) is 1.39. The number of aromatic nitrogens is 2.